The lowest BCUT2D eigenvalue weighted by Crippen LogP contribution is -2.23. The minimum atomic E-state index is 0.458. The number of hydrogen-bond donors (Lipinski definition) is 1. The molecule has 2 atom stereocenters. The van der Waals surface area contributed by atoms with E-state index >= 15 is 0 Å². The van der Waals surface area contributed by atoms with Gasteiger partial charge in [0.15, 0.2) is 0 Å². The second-order valence-corrected chi connectivity index (χ2v) is 3.87. The van der Waals surface area contributed by atoms with Crippen molar-refractivity contribution >= 4 is 0 Å². The molecule has 54 valence electrons. The van der Waals surface area contributed by atoms with E-state index in [1.807, 2.05) is 0 Å². The first-order valence-corrected chi connectivity index (χ1v) is 3.83. The zero-order chi connectivity index (χ0) is 7.07. The summed E-state index contributed by atoms with van der Waals surface area (Å²) in [6.07, 6.45) is 2.47. The summed E-state index contributed by atoms with van der Waals surface area (Å²) in [6.45, 7) is 6.76. The summed E-state index contributed by atoms with van der Waals surface area (Å²) in [5.41, 5.74) is 6.42. The largest absolute Gasteiger partial charge is 0.327 e. The van der Waals surface area contributed by atoms with E-state index in [2.05, 4.69) is 20.8 Å². The van der Waals surface area contributed by atoms with Gasteiger partial charge in [-0.1, -0.05) is 20.8 Å². The van der Waals surface area contributed by atoms with Crippen LogP contribution in [0.1, 0.15) is 33.6 Å². The van der Waals surface area contributed by atoms with E-state index in [4.69, 9.17) is 5.73 Å². The van der Waals surface area contributed by atoms with Gasteiger partial charge >= 0.3 is 0 Å². The number of nitrogens with two attached hydrogens (primary N) is 1. The second kappa shape index (κ2) is 1.98. The highest BCUT2D eigenvalue weighted by Crippen LogP contribution is 2.53. The summed E-state index contributed by atoms with van der Waals surface area (Å²) in [7, 11) is 0. The molecule has 0 spiro atoms. The van der Waals surface area contributed by atoms with Crippen LogP contribution in [0, 0.1) is 11.3 Å². The molecule has 0 aromatic carbocycles. The lowest BCUT2D eigenvalue weighted by atomic mass is 10.0. The highest BCUT2D eigenvalue weighted by molar-refractivity contribution is 5.00. The lowest BCUT2D eigenvalue weighted by molar-refractivity contribution is 0.469. The molecule has 0 radical (unpaired) electrons. The fourth-order valence-corrected chi connectivity index (χ4v) is 1.52. The maximum absolute atomic E-state index is 5.85. The van der Waals surface area contributed by atoms with E-state index in [0.29, 0.717) is 11.5 Å². The van der Waals surface area contributed by atoms with E-state index in [1.165, 1.54) is 6.42 Å². The van der Waals surface area contributed by atoms with Crippen molar-refractivity contribution in [2.45, 2.75) is 39.7 Å². The summed E-state index contributed by atoms with van der Waals surface area (Å²) >= 11 is 0. The molecule has 1 aliphatic rings. The van der Waals surface area contributed by atoms with Gasteiger partial charge in [0.1, 0.15) is 0 Å². The third-order valence-corrected chi connectivity index (χ3v) is 2.58. The molecule has 0 amide bonds. The molecule has 2 N–H and O–H groups in total. The Morgan fingerprint density at radius 1 is 1.67 bits per heavy atom. The van der Waals surface area contributed by atoms with Gasteiger partial charge in [-0.05, 0) is 24.2 Å². The van der Waals surface area contributed by atoms with Crippen molar-refractivity contribution in [1.82, 2.24) is 0 Å². The van der Waals surface area contributed by atoms with Gasteiger partial charge in [-0.25, -0.2) is 0 Å². The fourth-order valence-electron chi connectivity index (χ4n) is 1.52. The Balaban J connectivity index is 2.33. The van der Waals surface area contributed by atoms with Crippen LogP contribution in [0.2, 0.25) is 0 Å². The minimum absolute atomic E-state index is 0.458. The molecule has 0 aromatic rings. The Kier molecular flexibility index (Phi) is 1.55. The zero-order valence-corrected chi connectivity index (χ0v) is 6.65. The second-order valence-electron chi connectivity index (χ2n) is 3.87. The van der Waals surface area contributed by atoms with Crippen molar-refractivity contribution in [3.63, 3.8) is 0 Å². The smallest absolute Gasteiger partial charge is 0.00698 e. The van der Waals surface area contributed by atoms with Crippen LogP contribution >= 0.6 is 0 Å². The molecule has 9 heavy (non-hydrogen) atoms. The van der Waals surface area contributed by atoms with E-state index in [1.54, 1.807) is 0 Å². The first-order chi connectivity index (χ1) is 4.08. The Hall–Kier alpha value is -0.0400. The van der Waals surface area contributed by atoms with Crippen LogP contribution in [0.25, 0.3) is 0 Å². The minimum Gasteiger partial charge on any atom is -0.327 e. The van der Waals surface area contributed by atoms with Gasteiger partial charge in [0, 0.05) is 6.04 Å². The summed E-state index contributed by atoms with van der Waals surface area (Å²) < 4.78 is 0. The van der Waals surface area contributed by atoms with Crippen LogP contribution in [0.3, 0.4) is 0 Å². The summed E-state index contributed by atoms with van der Waals surface area (Å²) in [6, 6.07) is 0.458. The van der Waals surface area contributed by atoms with Gasteiger partial charge in [0.05, 0.1) is 0 Å². The fraction of sp³-hybridized carbons (Fsp3) is 1.00. The average Bonchev–Trinajstić information content (AvgIpc) is 2.38. The number of rotatable bonds is 2. The van der Waals surface area contributed by atoms with Crippen molar-refractivity contribution in [2.24, 2.45) is 17.1 Å². The molecule has 0 aliphatic heterocycles. The van der Waals surface area contributed by atoms with Crippen LogP contribution in [0.5, 0.6) is 0 Å². The Morgan fingerprint density at radius 2 is 2.11 bits per heavy atom. The van der Waals surface area contributed by atoms with Gasteiger partial charge in [-0.15, -0.1) is 0 Å². The lowest BCUT2D eigenvalue weighted by Gasteiger charge is -2.09. The third-order valence-electron chi connectivity index (χ3n) is 2.58. The average molecular weight is 127 g/mol. The van der Waals surface area contributed by atoms with Crippen LogP contribution in [0.4, 0.5) is 0 Å². The van der Waals surface area contributed by atoms with Crippen molar-refractivity contribution < 1.29 is 0 Å². The predicted molar refractivity (Wildman–Crippen MR) is 40.2 cm³/mol. The highest BCUT2D eigenvalue weighted by Gasteiger charge is 2.48. The normalized spacial score (nSPS) is 34.0. The molecule has 0 bridgehead atoms. The zero-order valence-electron chi connectivity index (χ0n) is 6.65. The van der Waals surface area contributed by atoms with Crippen LogP contribution < -0.4 is 5.73 Å². The van der Waals surface area contributed by atoms with Gasteiger partial charge in [-0.2, -0.15) is 0 Å². The van der Waals surface area contributed by atoms with E-state index in [9.17, 15) is 0 Å². The molecular weight excluding hydrogens is 110 g/mol. The van der Waals surface area contributed by atoms with Crippen LogP contribution in [-0.4, -0.2) is 6.04 Å². The molecule has 1 fully saturated rings. The predicted octanol–water partition coefficient (Wildman–Crippen LogP) is 1.77. The Morgan fingerprint density at radius 3 is 2.22 bits per heavy atom. The van der Waals surface area contributed by atoms with Crippen molar-refractivity contribution in [2.75, 3.05) is 0 Å². The standard InChI is InChI=1S/C8H17N/c1-4-7(9)6-5-8(6,2)3/h6-7H,4-5,9H2,1-3H3. The Bertz CT molecular complexity index is 107. The van der Waals surface area contributed by atoms with Gasteiger partial charge in [-0.3, -0.25) is 0 Å². The Labute approximate surface area is 57.6 Å². The molecule has 1 nitrogen and oxygen atoms in total. The maximum atomic E-state index is 5.85. The molecule has 0 saturated heterocycles. The molecule has 2 unspecified atom stereocenters. The molecule has 0 aromatic heterocycles. The maximum Gasteiger partial charge on any atom is 0.00698 e. The molecule has 1 aliphatic carbocycles. The topological polar surface area (TPSA) is 26.0 Å². The summed E-state index contributed by atoms with van der Waals surface area (Å²) in [4.78, 5) is 0. The third kappa shape index (κ3) is 1.26. The first-order valence-electron chi connectivity index (χ1n) is 3.83. The van der Waals surface area contributed by atoms with Gasteiger partial charge < -0.3 is 5.73 Å². The molecule has 1 heteroatoms. The molecular formula is C8H17N. The summed E-state index contributed by atoms with van der Waals surface area (Å²) in [5.74, 6) is 0.808. The van der Waals surface area contributed by atoms with Crippen molar-refractivity contribution in [1.29, 1.82) is 0 Å². The van der Waals surface area contributed by atoms with Crippen molar-refractivity contribution in [3.8, 4) is 0 Å². The van der Waals surface area contributed by atoms with E-state index in [-0.39, 0.29) is 0 Å². The monoisotopic (exact) mass is 127 g/mol. The van der Waals surface area contributed by atoms with Crippen molar-refractivity contribution in [3.05, 3.63) is 0 Å². The molecule has 1 saturated carbocycles. The van der Waals surface area contributed by atoms with Gasteiger partial charge in [0.2, 0.25) is 0 Å². The van der Waals surface area contributed by atoms with E-state index in [0.717, 1.165) is 12.3 Å². The number of hydrogen-bond acceptors (Lipinski definition) is 1. The van der Waals surface area contributed by atoms with Crippen LogP contribution in [-0.2, 0) is 0 Å². The molecule has 1 rings (SSSR count). The van der Waals surface area contributed by atoms with Gasteiger partial charge in [0.25, 0.3) is 0 Å². The van der Waals surface area contributed by atoms with E-state index < -0.39 is 0 Å². The van der Waals surface area contributed by atoms with Crippen LogP contribution in [0.15, 0.2) is 0 Å². The highest BCUT2D eigenvalue weighted by atomic mass is 14.7. The summed E-state index contributed by atoms with van der Waals surface area (Å²) in [5, 5.41) is 0. The SMILES string of the molecule is CCC(N)C1CC1(C)C. The molecule has 0 heterocycles. The quantitative estimate of drug-likeness (QED) is 0.601. The first kappa shape index (κ1) is 7.07.